The van der Waals surface area contributed by atoms with Crippen LogP contribution in [-0.2, 0) is 14.4 Å². The molecule has 0 unspecified atom stereocenters. The van der Waals surface area contributed by atoms with Crippen molar-refractivity contribution in [2.45, 2.75) is 13.8 Å². The first-order chi connectivity index (χ1) is 12.3. The van der Waals surface area contributed by atoms with Gasteiger partial charge in [-0.25, -0.2) is 9.69 Å². The fourth-order valence-corrected chi connectivity index (χ4v) is 2.45. The van der Waals surface area contributed by atoms with Crippen LogP contribution in [0.15, 0.2) is 18.2 Å². The molecular formula is C17H21N3O6. The molecule has 0 aliphatic carbocycles. The third kappa shape index (κ3) is 3.93. The molecule has 140 valence electrons. The zero-order valence-electron chi connectivity index (χ0n) is 15.1. The minimum atomic E-state index is -1.01. The first kappa shape index (κ1) is 19.2. The summed E-state index contributed by atoms with van der Waals surface area (Å²) in [5, 5.41) is 2.56. The molecule has 1 aliphatic rings. The minimum absolute atomic E-state index is 0.00744. The summed E-state index contributed by atoms with van der Waals surface area (Å²) >= 11 is 0. The van der Waals surface area contributed by atoms with Crippen LogP contribution in [0.3, 0.4) is 0 Å². The smallest absolute Gasteiger partial charge is 0.334 e. The van der Waals surface area contributed by atoms with Crippen LogP contribution in [-0.4, -0.2) is 60.9 Å². The van der Waals surface area contributed by atoms with E-state index < -0.39 is 30.3 Å². The van der Waals surface area contributed by atoms with E-state index >= 15 is 0 Å². The molecule has 26 heavy (non-hydrogen) atoms. The number of benzene rings is 1. The van der Waals surface area contributed by atoms with Gasteiger partial charge in [0, 0.05) is 12.6 Å². The van der Waals surface area contributed by atoms with E-state index in [2.05, 4.69) is 5.32 Å². The summed E-state index contributed by atoms with van der Waals surface area (Å²) in [7, 11) is 2.93. The summed E-state index contributed by atoms with van der Waals surface area (Å²) in [5.74, 6) is -1.65. The first-order valence-electron chi connectivity index (χ1n) is 7.97. The lowest BCUT2D eigenvalue weighted by Crippen LogP contribution is -2.39. The molecular weight excluding hydrogens is 342 g/mol. The molecule has 0 atom stereocenters. The van der Waals surface area contributed by atoms with E-state index in [9.17, 15) is 19.2 Å². The van der Waals surface area contributed by atoms with Gasteiger partial charge < -0.3 is 14.8 Å². The highest BCUT2D eigenvalue weighted by Crippen LogP contribution is 2.29. The summed E-state index contributed by atoms with van der Waals surface area (Å²) in [6.07, 6.45) is 0. The quantitative estimate of drug-likeness (QED) is 0.574. The zero-order chi connectivity index (χ0) is 19.4. The van der Waals surface area contributed by atoms with Gasteiger partial charge in [0.25, 0.3) is 0 Å². The largest absolute Gasteiger partial charge is 0.497 e. The topological polar surface area (TPSA) is 105 Å². The molecule has 1 fully saturated rings. The van der Waals surface area contributed by atoms with Gasteiger partial charge in [-0.2, -0.15) is 0 Å². The number of nitrogens with one attached hydrogen (secondary N) is 1. The van der Waals surface area contributed by atoms with Crippen molar-refractivity contribution in [1.29, 1.82) is 0 Å². The monoisotopic (exact) mass is 363 g/mol. The van der Waals surface area contributed by atoms with Crippen molar-refractivity contribution in [2.75, 3.05) is 32.6 Å². The molecule has 9 nitrogen and oxygen atoms in total. The van der Waals surface area contributed by atoms with E-state index in [0.717, 1.165) is 4.90 Å². The molecule has 1 heterocycles. The van der Waals surface area contributed by atoms with Crippen LogP contribution in [0.25, 0.3) is 0 Å². The molecule has 2 rings (SSSR count). The van der Waals surface area contributed by atoms with Crippen molar-refractivity contribution in [3.05, 3.63) is 18.2 Å². The molecule has 1 N–H and O–H groups in total. The van der Waals surface area contributed by atoms with Crippen molar-refractivity contribution in [1.82, 2.24) is 9.80 Å². The second kappa shape index (κ2) is 7.85. The van der Waals surface area contributed by atoms with Crippen molar-refractivity contribution in [2.24, 2.45) is 5.92 Å². The average molecular weight is 363 g/mol. The van der Waals surface area contributed by atoms with E-state index in [4.69, 9.17) is 9.47 Å². The summed E-state index contributed by atoms with van der Waals surface area (Å²) < 4.78 is 10.2. The molecule has 0 spiro atoms. The van der Waals surface area contributed by atoms with Gasteiger partial charge in [0.2, 0.25) is 5.91 Å². The maximum atomic E-state index is 12.2. The second-order valence-electron chi connectivity index (χ2n) is 6.10. The fourth-order valence-electron chi connectivity index (χ4n) is 2.45. The molecule has 1 aromatic rings. The number of carbonyl (C=O) groups is 4. The van der Waals surface area contributed by atoms with Gasteiger partial charge >= 0.3 is 17.8 Å². The van der Waals surface area contributed by atoms with Gasteiger partial charge in [-0.3, -0.25) is 19.3 Å². The highest BCUT2D eigenvalue weighted by molar-refractivity contribution is 6.45. The van der Waals surface area contributed by atoms with E-state index in [1.165, 1.54) is 14.2 Å². The molecule has 0 radical (unpaired) electrons. The Balaban J connectivity index is 2.09. The Morgan fingerprint density at radius 2 is 1.73 bits per heavy atom. The molecule has 1 saturated heterocycles. The lowest BCUT2D eigenvalue weighted by molar-refractivity contribution is -0.143. The molecule has 0 saturated carbocycles. The number of anilines is 1. The highest BCUT2D eigenvalue weighted by atomic mass is 16.5. The van der Waals surface area contributed by atoms with Gasteiger partial charge in [0.15, 0.2) is 0 Å². The number of amides is 5. The maximum absolute atomic E-state index is 12.2. The van der Waals surface area contributed by atoms with Gasteiger partial charge in [-0.1, -0.05) is 13.8 Å². The number of ether oxygens (including phenoxy) is 2. The molecule has 1 aliphatic heterocycles. The van der Waals surface area contributed by atoms with E-state index in [0.29, 0.717) is 22.1 Å². The first-order valence-corrected chi connectivity index (χ1v) is 7.97. The van der Waals surface area contributed by atoms with Gasteiger partial charge in [0.05, 0.1) is 19.9 Å². The molecule has 0 aromatic heterocycles. The predicted molar refractivity (Wildman–Crippen MR) is 91.8 cm³/mol. The Bertz CT molecular complexity index is 746. The van der Waals surface area contributed by atoms with Crippen LogP contribution in [0.1, 0.15) is 13.8 Å². The number of nitrogens with zero attached hydrogens (tertiary/aromatic N) is 2. The van der Waals surface area contributed by atoms with Crippen LogP contribution in [0, 0.1) is 5.92 Å². The molecule has 1 aromatic carbocycles. The number of methoxy groups -OCH3 is 2. The number of hydrogen-bond acceptors (Lipinski definition) is 6. The van der Waals surface area contributed by atoms with Gasteiger partial charge in [-0.15, -0.1) is 0 Å². The Labute approximate surface area is 150 Å². The highest BCUT2D eigenvalue weighted by Gasteiger charge is 2.45. The average Bonchev–Trinajstić information content (AvgIpc) is 2.79. The van der Waals surface area contributed by atoms with Crippen molar-refractivity contribution in [3.8, 4) is 11.5 Å². The third-order valence-corrected chi connectivity index (χ3v) is 3.67. The summed E-state index contributed by atoms with van der Waals surface area (Å²) in [5.41, 5.74) is 0.350. The van der Waals surface area contributed by atoms with Crippen LogP contribution >= 0.6 is 0 Å². The van der Waals surface area contributed by atoms with Gasteiger partial charge in [-0.05, 0) is 18.1 Å². The second-order valence-corrected chi connectivity index (χ2v) is 6.10. The van der Waals surface area contributed by atoms with Crippen LogP contribution in [0.2, 0.25) is 0 Å². The summed E-state index contributed by atoms with van der Waals surface area (Å²) in [6, 6.07) is 3.98. The van der Waals surface area contributed by atoms with Crippen molar-refractivity contribution in [3.63, 3.8) is 0 Å². The van der Waals surface area contributed by atoms with E-state index in [-0.39, 0.29) is 12.5 Å². The van der Waals surface area contributed by atoms with E-state index in [1.54, 1.807) is 18.2 Å². The standard InChI is InChI=1S/C17H21N3O6/c1-10(2)8-19-15(22)16(23)20(17(19)24)9-14(21)18-12-6-5-11(25-3)7-13(12)26-4/h5-7,10H,8-9H2,1-4H3,(H,18,21). The Kier molecular flexibility index (Phi) is 5.81. The number of hydrogen-bond donors (Lipinski definition) is 1. The maximum Gasteiger partial charge on any atom is 0.334 e. The number of imide groups is 2. The van der Waals surface area contributed by atoms with Crippen molar-refractivity contribution < 1.29 is 28.7 Å². The lowest BCUT2D eigenvalue weighted by atomic mass is 10.2. The van der Waals surface area contributed by atoms with Crippen LogP contribution in [0.4, 0.5) is 10.5 Å². The van der Waals surface area contributed by atoms with Crippen LogP contribution in [0.5, 0.6) is 11.5 Å². The fraction of sp³-hybridized carbons (Fsp3) is 0.412. The zero-order valence-corrected chi connectivity index (χ0v) is 15.1. The SMILES string of the molecule is COc1ccc(NC(=O)CN2C(=O)C(=O)N(CC(C)C)C2=O)c(OC)c1. The Morgan fingerprint density at radius 1 is 1.08 bits per heavy atom. The summed E-state index contributed by atoms with van der Waals surface area (Å²) in [4.78, 5) is 49.9. The summed E-state index contributed by atoms with van der Waals surface area (Å²) in [6.45, 7) is 3.19. The van der Waals surface area contributed by atoms with Crippen LogP contribution < -0.4 is 14.8 Å². The lowest BCUT2D eigenvalue weighted by Gasteiger charge is -2.17. The number of rotatable bonds is 7. The van der Waals surface area contributed by atoms with E-state index in [1.807, 2.05) is 13.8 Å². The minimum Gasteiger partial charge on any atom is -0.497 e. The molecule has 5 amide bonds. The Morgan fingerprint density at radius 3 is 2.31 bits per heavy atom. The Hall–Kier alpha value is -3.10. The molecule has 9 heteroatoms. The third-order valence-electron chi connectivity index (χ3n) is 3.67. The van der Waals surface area contributed by atoms with Gasteiger partial charge in [0.1, 0.15) is 18.0 Å². The molecule has 0 bridgehead atoms. The number of urea groups is 1. The normalized spacial score (nSPS) is 14.3. The van der Waals surface area contributed by atoms with Crippen molar-refractivity contribution >= 4 is 29.4 Å². The predicted octanol–water partition coefficient (Wildman–Crippen LogP) is 1.09. The number of carbonyl (C=O) groups excluding carboxylic acids is 4.